The van der Waals surface area contributed by atoms with Crippen LogP contribution in [0.25, 0.3) is 0 Å². The summed E-state index contributed by atoms with van der Waals surface area (Å²) in [5.74, 6) is -1.64. The summed E-state index contributed by atoms with van der Waals surface area (Å²) in [7, 11) is 0. The van der Waals surface area contributed by atoms with Gasteiger partial charge in [0, 0.05) is 0 Å². The second-order valence-electron chi connectivity index (χ2n) is 7.44. The minimum Gasteiger partial charge on any atom is -0.460 e. The molecular weight excluding hydrogens is 289 g/mol. The van der Waals surface area contributed by atoms with Gasteiger partial charge in [0.05, 0.1) is 12.6 Å². The molecule has 2 N–H and O–H groups in total. The minimum absolute atomic E-state index is 0.0871. The molecule has 0 saturated carbocycles. The van der Waals surface area contributed by atoms with Gasteiger partial charge in [0.1, 0.15) is 17.2 Å². The van der Waals surface area contributed by atoms with Gasteiger partial charge < -0.3 is 15.2 Å². The van der Waals surface area contributed by atoms with Gasteiger partial charge in [-0.1, -0.05) is 0 Å². The van der Waals surface area contributed by atoms with Crippen LogP contribution in [-0.2, 0) is 19.1 Å². The summed E-state index contributed by atoms with van der Waals surface area (Å²) in [5.41, 5.74) is 4.54. The Kier molecular flexibility index (Phi) is 8.01. The third-order valence-electron chi connectivity index (χ3n) is 2.67. The molecule has 5 nitrogen and oxygen atoms in total. The molecule has 0 spiro atoms. The number of carbonyl (C=O) groups is 2. The largest absolute Gasteiger partial charge is 0.460 e. The Morgan fingerprint density at radius 3 is 1.86 bits per heavy atom. The number of halogens is 1. The zero-order valence-corrected chi connectivity index (χ0v) is 14.6. The fraction of sp³-hybridized carbons (Fsp3) is 0.875. The van der Waals surface area contributed by atoms with Gasteiger partial charge in [0.2, 0.25) is 0 Å². The average molecular weight is 319 g/mol. The highest BCUT2D eigenvalue weighted by Gasteiger charge is 2.30. The summed E-state index contributed by atoms with van der Waals surface area (Å²) in [5, 5.41) is 0. The van der Waals surface area contributed by atoms with E-state index >= 15 is 0 Å². The van der Waals surface area contributed by atoms with Gasteiger partial charge in [-0.2, -0.15) is 0 Å². The molecule has 2 atom stereocenters. The molecular formula is C16H30FNO4. The van der Waals surface area contributed by atoms with Crippen molar-refractivity contribution in [3.8, 4) is 0 Å². The van der Waals surface area contributed by atoms with Crippen LogP contribution in [0.1, 0.15) is 60.8 Å². The Hall–Kier alpha value is -1.17. The molecule has 0 aliphatic rings. The monoisotopic (exact) mass is 319 g/mol. The number of hydrogen-bond acceptors (Lipinski definition) is 5. The van der Waals surface area contributed by atoms with Crippen LogP contribution in [0.15, 0.2) is 0 Å². The van der Waals surface area contributed by atoms with Crippen LogP contribution in [0, 0.1) is 5.92 Å². The molecule has 0 aliphatic carbocycles. The first-order chi connectivity index (χ1) is 9.85. The summed E-state index contributed by atoms with van der Waals surface area (Å²) >= 11 is 0. The molecule has 0 aliphatic heterocycles. The van der Waals surface area contributed by atoms with Crippen LogP contribution >= 0.6 is 0 Å². The molecule has 6 heteroatoms. The highest BCUT2D eigenvalue weighted by molar-refractivity contribution is 5.78. The number of carbonyl (C=O) groups excluding carboxylic acids is 2. The molecule has 0 bridgehead atoms. The van der Waals surface area contributed by atoms with Crippen molar-refractivity contribution < 1.29 is 23.5 Å². The normalized spacial score (nSPS) is 15.1. The van der Waals surface area contributed by atoms with E-state index < -0.39 is 41.8 Å². The number of ether oxygens (including phenoxy) is 2. The van der Waals surface area contributed by atoms with Gasteiger partial charge in [0.15, 0.2) is 0 Å². The molecule has 0 radical (unpaired) electrons. The van der Waals surface area contributed by atoms with E-state index in [1.807, 2.05) is 0 Å². The van der Waals surface area contributed by atoms with Crippen LogP contribution < -0.4 is 5.73 Å². The van der Waals surface area contributed by atoms with Crippen LogP contribution in [0.4, 0.5) is 4.39 Å². The molecule has 0 fully saturated rings. The lowest BCUT2D eigenvalue weighted by molar-refractivity contribution is -0.162. The first kappa shape index (κ1) is 20.8. The Morgan fingerprint density at radius 1 is 1.00 bits per heavy atom. The number of nitrogens with two attached hydrogens (primary N) is 1. The molecule has 0 amide bonds. The van der Waals surface area contributed by atoms with Crippen LogP contribution in [0.5, 0.6) is 0 Å². The maximum Gasteiger partial charge on any atom is 0.323 e. The average Bonchev–Trinajstić information content (AvgIpc) is 2.29. The van der Waals surface area contributed by atoms with Crippen molar-refractivity contribution in [2.45, 2.75) is 78.0 Å². The van der Waals surface area contributed by atoms with Gasteiger partial charge in [-0.15, -0.1) is 0 Å². The van der Waals surface area contributed by atoms with Gasteiger partial charge in [-0.3, -0.25) is 14.0 Å². The fourth-order valence-electron chi connectivity index (χ4n) is 1.82. The second kappa shape index (κ2) is 8.46. The second-order valence-corrected chi connectivity index (χ2v) is 7.44. The SMILES string of the molecule is CC(C)(C)OC(=O)C(N)CC(CCCF)C(=O)OC(C)(C)C. The van der Waals surface area contributed by atoms with E-state index in [-0.39, 0.29) is 12.8 Å². The summed E-state index contributed by atoms with van der Waals surface area (Å²) in [4.78, 5) is 24.1. The Bertz CT molecular complexity index is 371. The van der Waals surface area contributed by atoms with Crippen LogP contribution in [-0.4, -0.2) is 35.9 Å². The van der Waals surface area contributed by atoms with Crippen molar-refractivity contribution in [1.29, 1.82) is 0 Å². The van der Waals surface area contributed by atoms with E-state index in [0.717, 1.165) is 0 Å². The standard InChI is InChI=1S/C16H30FNO4/c1-15(2,3)21-13(19)11(8-7-9-17)10-12(18)14(20)22-16(4,5)6/h11-12H,7-10,18H2,1-6H3. The Labute approximate surface area is 132 Å². The third-order valence-corrected chi connectivity index (χ3v) is 2.67. The first-order valence-electron chi connectivity index (χ1n) is 7.63. The van der Waals surface area contributed by atoms with E-state index in [4.69, 9.17) is 15.2 Å². The van der Waals surface area contributed by atoms with Gasteiger partial charge in [-0.25, -0.2) is 0 Å². The lowest BCUT2D eigenvalue weighted by Crippen LogP contribution is -2.40. The van der Waals surface area contributed by atoms with E-state index in [1.165, 1.54) is 0 Å². The minimum atomic E-state index is -0.934. The lowest BCUT2D eigenvalue weighted by Gasteiger charge is -2.26. The maximum atomic E-state index is 12.4. The number of hydrogen-bond donors (Lipinski definition) is 1. The molecule has 0 aromatic carbocycles. The lowest BCUT2D eigenvalue weighted by atomic mass is 9.95. The summed E-state index contributed by atoms with van der Waals surface area (Å²) < 4.78 is 22.9. The third kappa shape index (κ3) is 9.71. The number of alkyl halides is 1. The zero-order chi connectivity index (χ0) is 17.6. The van der Waals surface area contributed by atoms with Gasteiger partial charge in [-0.05, 0) is 60.8 Å². The zero-order valence-electron chi connectivity index (χ0n) is 14.6. The highest BCUT2D eigenvalue weighted by atomic mass is 19.1. The number of rotatable bonds is 7. The van der Waals surface area contributed by atoms with Crippen molar-refractivity contribution in [3.63, 3.8) is 0 Å². The molecule has 0 rings (SSSR count). The molecule has 22 heavy (non-hydrogen) atoms. The van der Waals surface area contributed by atoms with Crippen molar-refractivity contribution in [2.24, 2.45) is 11.7 Å². The topological polar surface area (TPSA) is 78.6 Å². The molecule has 0 aromatic heterocycles. The van der Waals surface area contributed by atoms with Crippen LogP contribution in [0.2, 0.25) is 0 Å². The van der Waals surface area contributed by atoms with E-state index in [0.29, 0.717) is 6.42 Å². The summed E-state index contributed by atoms with van der Waals surface area (Å²) in [6, 6.07) is -0.934. The molecule has 0 saturated heterocycles. The molecule has 0 aromatic rings. The first-order valence-corrected chi connectivity index (χ1v) is 7.63. The maximum absolute atomic E-state index is 12.4. The number of esters is 2. The molecule has 130 valence electrons. The van der Waals surface area contributed by atoms with Crippen molar-refractivity contribution in [3.05, 3.63) is 0 Å². The Morgan fingerprint density at radius 2 is 1.45 bits per heavy atom. The van der Waals surface area contributed by atoms with Crippen molar-refractivity contribution >= 4 is 11.9 Å². The fourth-order valence-corrected chi connectivity index (χ4v) is 1.82. The van der Waals surface area contributed by atoms with E-state index in [2.05, 4.69) is 0 Å². The van der Waals surface area contributed by atoms with Gasteiger partial charge >= 0.3 is 11.9 Å². The van der Waals surface area contributed by atoms with E-state index in [9.17, 15) is 14.0 Å². The van der Waals surface area contributed by atoms with Crippen molar-refractivity contribution in [2.75, 3.05) is 6.67 Å². The van der Waals surface area contributed by atoms with Crippen molar-refractivity contribution in [1.82, 2.24) is 0 Å². The predicted octanol–water partition coefficient (Wildman–Crippen LogP) is 2.75. The van der Waals surface area contributed by atoms with E-state index in [1.54, 1.807) is 41.5 Å². The quantitative estimate of drug-likeness (QED) is 0.730. The van der Waals surface area contributed by atoms with Crippen LogP contribution in [0.3, 0.4) is 0 Å². The highest BCUT2D eigenvalue weighted by Crippen LogP contribution is 2.20. The Balaban J connectivity index is 4.76. The van der Waals surface area contributed by atoms with Gasteiger partial charge in [0.25, 0.3) is 0 Å². The predicted molar refractivity (Wildman–Crippen MR) is 83.0 cm³/mol. The summed E-state index contributed by atoms with van der Waals surface area (Å²) in [6.07, 6.45) is 0.608. The molecule has 2 unspecified atom stereocenters. The molecule has 0 heterocycles. The summed E-state index contributed by atoms with van der Waals surface area (Å²) in [6.45, 7) is 9.96. The smallest absolute Gasteiger partial charge is 0.323 e.